The van der Waals surface area contributed by atoms with Crippen molar-refractivity contribution in [2.24, 2.45) is 5.73 Å². The van der Waals surface area contributed by atoms with E-state index >= 15 is 0 Å². The number of aliphatic carboxylic acids is 1. The fourth-order valence-electron chi connectivity index (χ4n) is 6.07. The molecule has 13 nitrogen and oxygen atoms in total. The Morgan fingerprint density at radius 1 is 0.686 bits per heavy atom. The number of para-hydroxylation sites is 4. The Balaban J connectivity index is 0.000000165. The Kier molecular flexibility index (Phi) is 9.27. The average Bonchev–Trinajstić information content (AvgIpc) is 3.90. The Morgan fingerprint density at radius 2 is 1.20 bits per heavy atom. The molecular weight excluding hydrogens is 648 g/mol. The first-order valence-corrected chi connectivity index (χ1v) is 16.6. The molecule has 8 aromatic rings. The van der Waals surface area contributed by atoms with Crippen molar-refractivity contribution < 1.29 is 23.5 Å². The third-order valence-electron chi connectivity index (χ3n) is 8.54. The van der Waals surface area contributed by atoms with E-state index in [4.69, 9.17) is 19.7 Å². The van der Waals surface area contributed by atoms with Gasteiger partial charge in [-0.1, -0.05) is 24.3 Å². The van der Waals surface area contributed by atoms with Crippen molar-refractivity contribution in [3.05, 3.63) is 96.6 Å². The first-order chi connectivity index (χ1) is 24.8. The van der Waals surface area contributed by atoms with Gasteiger partial charge in [0.05, 0.1) is 28.5 Å². The molecule has 51 heavy (non-hydrogen) atoms. The second-order valence-corrected chi connectivity index (χ2v) is 12.0. The number of carboxylic acids is 1. The maximum atomic E-state index is 11.7. The van der Waals surface area contributed by atoms with Crippen molar-refractivity contribution in [3.8, 4) is 22.9 Å². The van der Waals surface area contributed by atoms with Crippen molar-refractivity contribution >= 4 is 56.1 Å². The minimum absolute atomic E-state index is 0.0210. The standard InChI is InChI=1S/C21H20N4O4.C17H16N4O/c1-13-23-16-12-14(21-24-15-4-2-3-5-18(15)29-21)6-7-17(16)25(13)11-10-22-19(26)8-9-20(27)28;1-11-19-14-10-12(6-7-15(14)21(11)9-8-18)17-20-13-4-2-3-5-16(13)22-17/h2-7,12H,8-11H2,1H3,(H,22,26)(H,27,28);2-7,10H,8-9,18H2,1H3. The quantitative estimate of drug-likeness (QED) is 0.149. The van der Waals surface area contributed by atoms with E-state index in [0.717, 1.165) is 73.6 Å². The van der Waals surface area contributed by atoms with Gasteiger partial charge in [-0.3, -0.25) is 9.59 Å². The van der Waals surface area contributed by atoms with E-state index in [1.807, 2.05) is 97.3 Å². The number of carbonyl (C=O) groups is 2. The Labute approximate surface area is 291 Å². The van der Waals surface area contributed by atoms with Crippen LogP contribution in [-0.2, 0) is 22.7 Å². The monoisotopic (exact) mass is 684 g/mol. The van der Waals surface area contributed by atoms with Crippen molar-refractivity contribution in [1.82, 2.24) is 34.4 Å². The molecule has 4 aromatic carbocycles. The topological polar surface area (TPSA) is 180 Å². The highest BCUT2D eigenvalue weighted by molar-refractivity contribution is 5.85. The molecule has 1 amide bonds. The van der Waals surface area contributed by atoms with Crippen LogP contribution in [0.3, 0.4) is 0 Å². The van der Waals surface area contributed by atoms with Crippen molar-refractivity contribution in [3.63, 3.8) is 0 Å². The molecule has 0 saturated heterocycles. The maximum Gasteiger partial charge on any atom is 0.303 e. The van der Waals surface area contributed by atoms with Gasteiger partial charge in [0.2, 0.25) is 17.7 Å². The minimum Gasteiger partial charge on any atom is -0.481 e. The van der Waals surface area contributed by atoms with E-state index in [-0.39, 0.29) is 18.7 Å². The van der Waals surface area contributed by atoms with Gasteiger partial charge in [0.1, 0.15) is 22.7 Å². The first kappa shape index (κ1) is 33.2. The Morgan fingerprint density at radius 3 is 1.69 bits per heavy atom. The summed E-state index contributed by atoms with van der Waals surface area (Å²) in [4.78, 5) is 40.5. The smallest absolute Gasteiger partial charge is 0.303 e. The molecule has 0 fully saturated rings. The average molecular weight is 685 g/mol. The number of aromatic nitrogens is 6. The number of nitrogens with zero attached hydrogens (tertiary/aromatic N) is 6. The van der Waals surface area contributed by atoms with Crippen molar-refractivity contribution in [2.75, 3.05) is 13.1 Å². The summed E-state index contributed by atoms with van der Waals surface area (Å²) in [5.74, 6) is 1.71. The number of imidazole rings is 2. The molecule has 0 aliphatic rings. The van der Waals surface area contributed by atoms with Gasteiger partial charge in [0.15, 0.2) is 11.2 Å². The van der Waals surface area contributed by atoms with Crippen LogP contribution in [0.5, 0.6) is 0 Å². The van der Waals surface area contributed by atoms with Gasteiger partial charge in [-0.15, -0.1) is 0 Å². The van der Waals surface area contributed by atoms with Crippen LogP contribution in [0, 0.1) is 13.8 Å². The zero-order valence-corrected chi connectivity index (χ0v) is 28.2. The summed E-state index contributed by atoms with van der Waals surface area (Å²) < 4.78 is 15.8. The number of amides is 1. The molecule has 4 N–H and O–H groups in total. The van der Waals surface area contributed by atoms with Gasteiger partial charge in [0, 0.05) is 43.7 Å². The van der Waals surface area contributed by atoms with Crippen LogP contribution in [0.2, 0.25) is 0 Å². The molecule has 8 rings (SSSR count). The van der Waals surface area contributed by atoms with Gasteiger partial charge >= 0.3 is 5.97 Å². The summed E-state index contributed by atoms with van der Waals surface area (Å²) in [5, 5.41) is 11.4. The molecule has 258 valence electrons. The fourth-order valence-corrected chi connectivity index (χ4v) is 6.07. The number of benzene rings is 4. The molecule has 13 heteroatoms. The van der Waals surface area contributed by atoms with Crippen LogP contribution in [-0.4, -0.2) is 59.1 Å². The minimum atomic E-state index is -0.980. The van der Waals surface area contributed by atoms with Gasteiger partial charge < -0.3 is 34.1 Å². The Hall–Kier alpha value is -6.34. The van der Waals surface area contributed by atoms with Crippen LogP contribution in [0.4, 0.5) is 0 Å². The summed E-state index contributed by atoms with van der Waals surface area (Å²) in [6.45, 7) is 6.21. The molecule has 4 aromatic heterocycles. The molecule has 0 spiro atoms. The van der Waals surface area contributed by atoms with Gasteiger partial charge in [-0.25, -0.2) is 19.9 Å². The van der Waals surface area contributed by atoms with E-state index in [1.54, 1.807) is 0 Å². The second-order valence-electron chi connectivity index (χ2n) is 12.0. The number of nitrogens with one attached hydrogen (secondary N) is 1. The van der Waals surface area contributed by atoms with Crippen LogP contribution in [0.15, 0.2) is 93.8 Å². The number of carbonyl (C=O) groups excluding carboxylic acids is 1. The lowest BCUT2D eigenvalue weighted by molar-refractivity contribution is -0.138. The summed E-state index contributed by atoms with van der Waals surface area (Å²) >= 11 is 0. The number of carboxylic acid groups (broad SMARTS) is 1. The van der Waals surface area contributed by atoms with E-state index in [0.29, 0.717) is 31.4 Å². The predicted octanol–water partition coefficient (Wildman–Crippen LogP) is 6.25. The fraction of sp³-hybridized carbons (Fsp3) is 0.211. The van der Waals surface area contributed by atoms with Gasteiger partial charge in [-0.2, -0.15) is 0 Å². The van der Waals surface area contributed by atoms with Crippen LogP contribution < -0.4 is 11.1 Å². The number of hydrogen-bond donors (Lipinski definition) is 3. The zero-order valence-electron chi connectivity index (χ0n) is 28.2. The van der Waals surface area contributed by atoms with Crippen LogP contribution in [0.1, 0.15) is 24.5 Å². The highest BCUT2D eigenvalue weighted by atomic mass is 16.4. The second kappa shape index (κ2) is 14.3. The highest BCUT2D eigenvalue weighted by Gasteiger charge is 2.14. The molecule has 4 heterocycles. The molecule has 0 saturated carbocycles. The Bertz CT molecular complexity index is 2460. The largest absolute Gasteiger partial charge is 0.481 e. The number of fused-ring (bicyclic) bond motifs is 4. The number of nitrogens with two attached hydrogens (primary N) is 1. The lowest BCUT2D eigenvalue weighted by Gasteiger charge is -2.08. The number of oxazole rings is 2. The summed E-state index contributed by atoms with van der Waals surface area (Å²) in [6, 6.07) is 27.3. The highest BCUT2D eigenvalue weighted by Crippen LogP contribution is 2.29. The summed E-state index contributed by atoms with van der Waals surface area (Å²) in [6.07, 6.45) is -0.190. The van der Waals surface area contributed by atoms with Crippen LogP contribution in [0.25, 0.3) is 67.2 Å². The molecule has 0 atom stereocenters. The van der Waals surface area contributed by atoms with E-state index in [9.17, 15) is 9.59 Å². The third-order valence-corrected chi connectivity index (χ3v) is 8.54. The van der Waals surface area contributed by atoms with E-state index in [1.165, 1.54) is 0 Å². The molecule has 0 bridgehead atoms. The lowest BCUT2D eigenvalue weighted by Crippen LogP contribution is -2.27. The number of rotatable bonds is 10. The number of hydrogen-bond acceptors (Lipinski definition) is 9. The molecule has 0 aliphatic carbocycles. The molecule has 0 aliphatic heterocycles. The lowest BCUT2D eigenvalue weighted by atomic mass is 10.2. The molecular formula is C38H36N8O5. The van der Waals surface area contributed by atoms with Crippen molar-refractivity contribution in [1.29, 1.82) is 0 Å². The molecule has 0 unspecified atom stereocenters. The van der Waals surface area contributed by atoms with Crippen molar-refractivity contribution in [2.45, 2.75) is 39.8 Å². The van der Waals surface area contributed by atoms with E-state index < -0.39 is 5.97 Å². The summed E-state index contributed by atoms with van der Waals surface area (Å²) in [7, 11) is 0. The summed E-state index contributed by atoms with van der Waals surface area (Å²) in [5.41, 5.74) is 14.4. The van der Waals surface area contributed by atoms with Gasteiger partial charge in [-0.05, 0) is 74.5 Å². The molecule has 0 radical (unpaired) electrons. The van der Waals surface area contributed by atoms with Gasteiger partial charge in [0.25, 0.3) is 0 Å². The predicted molar refractivity (Wildman–Crippen MR) is 194 cm³/mol. The third kappa shape index (κ3) is 7.05. The van der Waals surface area contributed by atoms with Crippen LogP contribution >= 0.6 is 0 Å². The van der Waals surface area contributed by atoms with E-state index in [2.05, 4.69) is 35.9 Å². The first-order valence-electron chi connectivity index (χ1n) is 16.6. The maximum absolute atomic E-state index is 11.7. The number of aryl methyl sites for hydroxylation is 2. The SMILES string of the molecule is Cc1nc2cc(-c3nc4ccccc4o3)ccc2n1CCN.Cc1nc2cc(-c3nc4ccccc4o3)ccc2n1CCNC(=O)CCC(=O)O. The normalized spacial score (nSPS) is 11.4. The zero-order chi connectivity index (χ0) is 35.5.